The fourth-order valence-electron chi connectivity index (χ4n) is 1.36. The summed E-state index contributed by atoms with van der Waals surface area (Å²) in [6, 6.07) is 3.94. The summed E-state index contributed by atoms with van der Waals surface area (Å²) in [6.07, 6.45) is -0.483. The Balaban J connectivity index is 3.28. The van der Waals surface area contributed by atoms with E-state index in [1.54, 1.807) is 6.92 Å². The maximum Gasteiger partial charge on any atom is 0.0782 e. The van der Waals surface area contributed by atoms with Gasteiger partial charge >= 0.3 is 0 Å². The molecule has 1 aromatic carbocycles. The van der Waals surface area contributed by atoms with Gasteiger partial charge in [0.2, 0.25) is 0 Å². The molecule has 12 heavy (non-hydrogen) atoms. The highest BCUT2D eigenvalue weighted by molar-refractivity contribution is 5.55. The van der Waals surface area contributed by atoms with Crippen molar-refractivity contribution >= 4 is 5.69 Å². The zero-order valence-corrected chi connectivity index (χ0v) is 7.76. The lowest BCUT2D eigenvalue weighted by Crippen LogP contribution is -2.01. The van der Waals surface area contributed by atoms with Crippen molar-refractivity contribution in [2.45, 2.75) is 26.9 Å². The molecule has 3 N–H and O–H groups in total. The van der Waals surface area contributed by atoms with E-state index in [0.717, 1.165) is 16.7 Å². The second kappa shape index (κ2) is 3.15. The van der Waals surface area contributed by atoms with Crippen LogP contribution in [0.15, 0.2) is 12.1 Å². The lowest BCUT2D eigenvalue weighted by atomic mass is 10.0. The Labute approximate surface area is 73.0 Å². The van der Waals surface area contributed by atoms with Gasteiger partial charge in [-0.25, -0.2) is 0 Å². The first-order chi connectivity index (χ1) is 5.52. The third-order valence-electron chi connectivity index (χ3n) is 2.01. The number of aliphatic hydroxyl groups is 1. The second-order valence-corrected chi connectivity index (χ2v) is 3.26. The van der Waals surface area contributed by atoms with Gasteiger partial charge in [-0.3, -0.25) is 0 Å². The Morgan fingerprint density at radius 3 is 2.42 bits per heavy atom. The van der Waals surface area contributed by atoms with Gasteiger partial charge in [0.25, 0.3) is 0 Å². The van der Waals surface area contributed by atoms with E-state index >= 15 is 0 Å². The molecular weight excluding hydrogens is 150 g/mol. The Morgan fingerprint density at radius 1 is 1.33 bits per heavy atom. The smallest absolute Gasteiger partial charge is 0.0782 e. The zero-order chi connectivity index (χ0) is 9.30. The fraction of sp³-hybridized carbons (Fsp3) is 0.400. The van der Waals surface area contributed by atoms with E-state index in [1.165, 1.54) is 0 Å². The van der Waals surface area contributed by atoms with E-state index in [2.05, 4.69) is 0 Å². The zero-order valence-electron chi connectivity index (χ0n) is 7.76. The van der Waals surface area contributed by atoms with Gasteiger partial charge in [-0.15, -0.1) is 0 Å². The lowest BCUT2D eigenvalue weighted by molar-refractivity contribution is 0.200. The van der Waals surface area contributed by atoms with Gasteiger partial charge < -0.3 is 10.8 Å². The molecule has 2 heteroatoms. The van der Waals surface area contributed by atoms with E-state index in [-0.39, 0.29) is 0 Å². The molecule has 0 spiro atoms. The van der Waals surface area contributed by atoms with E-state index < -0.39 is 6.10 Å². The Bertz CT molecular complexity index is 292. The molecule has 0 amide bonds. The number of nitrogens with two attached hydrogens (primary N) is 1. The molecular formula is C10H15NO. The molecule has 0 saturated carbocycles. The molecule has 0 aliphatic rings. The second-order valence-electron chi connectivity index (χ2n) is 3.26. The highest BCUT2D eigenvalue weighted by Crippen LogP contribution is 2.24. The molecule has 0 saturated heterocycles. The topological polar surface area (TPSA) is 46.2 Å². The molecule has 0 aliphatic heterocycles. The van der Waals surface area contributed by atoms with Crippen LogP contribution in [0.4, 0.5) is 5.69 Å². The summed E-state index contributed by atoms with van der Waals surface area (Å²) in [7, 11) is 0. The SMILES string of the molecule is Cc1cc(C)c(N)c(C(C)O)c1. The molecule has 0 heterocycles. The van der Waals surface area contributed by atoms with Crippen LogP contribution in [0.2, 0.25) is 0 Å². The number of aliphatic hydroxyl groups excluding tert-OH is 1. The Kier molecular flexibility index (Phi) is 2.38. The van der Waals surface area contributed by atoms with Gasteiger partial charge in [-0.1, -0.05) is 17.7 Å². The summed E-state index contributed by atoms with van der Waals surface area (Å²) < 4.78 is 0. The van der Waals surface area contributed by atoms with Crippen molar-refractivity contribution in [1.82, 2.24) is 0 Å². The van der Waals surface area contributed by atoms with Crippen LogP contribution >= 0.6 is 0 Å². The van der Waals surface area contributed by atoms with Crippen LogP contribution in [-0.4, -0.2) is 5.11 Å². The summed E-state index contributed by atoms with van der Waals surface area (Å²) >= 11 is 0. The number of aryl methyl sites for hydroxylation is 2. The van der Waals surface area contributed by atoms with Crippen LogP contribution in [0.25, 0.3) is 0 Å². The van der Waals surface area contributed by atoms with Crippen LogP contribution in [0.5, 0.6) is 0 Å². The average molecular weight is 165 g/mol. The molecule has 1 aromatic rings. The van der Waals surface area contributed by atoms with Crippen LogP contribution in [0.1, 0.15) is 29.7 Å². The van der Waals surface area contributed by atoms with Gasteiger partial charge in [0, 0.05) is 11.3 Å². The first-order valence-corrected chi connectivity index (χ1v) is 4.07. The molecule has 1 atom stereocenters. The van der Waals surface area contributed by atoms with Gasteiger partial charge in [0.15, 0.2) is 0 Å². The number of benzene rings is 1. The highest BCUT2D eigenvalue weighted by atomic mass is 16.3. The number of nitrogen functional groups attached to an aromatic ring is 1. The molecule has 0 bridgehead atoms. The maximum absolute atomic E-state index is 9.37. The molecule has 0 aliphatic carbocycles. The monoisotopic (exact) mass is 165 g/mol. The maximum atomic E-state index is 9.37. The summed E-state index contributed by atoms with van der Waals surface area (Å²) in [5.41, 5.74) is 9.49. The van der Waals surface area contributed by atoms with Crippen molar-refractivity contribution in [3.05, 3.63) is 28.8 Å². The van der Waals surface area contributed by atoms with Crippen molar-refractivity contribution < 1.29 is 5.11 Å². The first kappa shape index (κ1) is 9.07. The van der Waals surface area contributed by atoms with Crippen molar-refractivity contribution in [1.29, 1.82) is 0 Å². The van der Waals surface area contributed by atoms with Crippen molar-refractivity contribution in [3.8, 4) is 0 Å². The minimum absolute atomic E-state index is 0.483. The van der Waals surface area contributed by atoms with E-state index in [1.807, 2.05) is 26.0 Å². The van der Waals surface area contributed by atoms with Crippen LogP contribution < -0.4 is 5.73 Å². The average Bonchev–Trinajstić information content (AvgIpc) is 1.96. The predicted molar refractivity (Wildman–Crippen MR) is 51.0 cm³/mol. The third kappa shape index (κ3) is 1.59. The van der Waals surface area contributed by atoms with E-state index in [9.17, 15) is 5.11 Å². The standard InChI is InChI=1S/C10H15NO/c1-6-4-7(2)10(11)9(5-6)8(3)12/h4-5,8,12H,11H2,1-3H3. The van der Waals surface area contributed by atoms with Crippen LogP contribution in [0.3, 0.4) is 0 Å². The van der Waals surface area contributed by atoms with Gasteiger partial charge in [0.1, 0.15) is 0 Å². The molecule has 0 fully saturated rings. The molecule has 66 valence electrons. The molecule has 0 aromatic heterocycles. The van der Waals surface area contributed by atoms with Crippen LogP contribution in [-0.2, 0) is 0 Å². The number of anilines is 1. The normalized spacial score (nSPS) is 13.0. The quantitative estimate of drug-likeness (QED) is 0.625. The lowest BCUT2D eigenvalue weighted by Gasteiger charge is -2.11. The summed E-state index contributed by atoms with van der Waals surface area (Å²) in [5, 5.41) is 9.37. The molecule has 1 unspecified atom stereocenters. The van der Waals surface area contributed by atoms with Crippen LogP contribution in [0, 0.1) is 13.8 Å². The van der Waals surface area contributed by atoms with Crippen molar-refractivity contribution in [3.63, 3.8) is 0 Å². The number of hydrogen-bond acceptors (Lipinski definition) is 2. The summed E-state index contributed by atoms with van der Waals surface area (Å²) in [5.74, 6) is 0. The summed E-state index contributed by atoms with van der Waals surface area (Å²) in [6.45, 7) is 5.68. The van der Waals surface area contributed by atoms with Crippen molar-refractivity contribution in [2.24, 2.45) is 0 Å². The van der Waals surface area contributed by atoms with Gasteiger partial charge in [-0.2, -0.15) is 0 Å². The van der Waals surface area contributed by atoms with E-state index in [4.69, 9.17) is 5.73 Å². The first-order valence-electron chi connectivity index (χ1n) is 4.07. The van der Waals surface area contributed by atoms with E-state index in [0.29, 0.717) is 5.69 Å². The number of rotatable bonds is 1. The predicted octanol–water partition coefficient (Wildman–Crippen LogP) is 1.94. The number of hydrogen-bond donors (Lipinski definition) is 2. The fourth-order valence-corrected chi connectivity index (χ4v) is 1.36. The molecule has 1 rings (SSSR count). The highest BCUT2D eigenvalue weighted by Gasteiger charge is 2.07. The largest absolute Gasteiger partial charge is 0.398 e. The molecule has 2 nitrogen and oxygen atoms in total. The minimum Gasteiger partial charge on any atom is -0.398 e. The van der Waals surface area contributed by atoms with Crippen molar-refractivity contribution in [2.75, 3.05) is 5.73 Å². The third-order valence-corrected chi connectivity index (χ3v) is 2.01. The summed E-state index contributed by atoms with van der Waals surface area (Å²) in [4.78, 5) is 0. The van der Waals surface area contributed by atoms with Gasteiger partial charge in [0.05, 0.1) is 6.10 Å². The Morgan fingerprint density at radius 2 is 1.92 bits per heavy atom. The molecule has 0 radical (unpaired) electrons. The minimum atomic E-state index is -0.483. The Hall–Kier alpha value is -1.02. The van der Waals surface area contributed by atoms with Gasteiger partial charge in [-0.05, 0) is 26.3 Å².